The third-order valence-electron chi connectivity index (χ3n) is 1.98. The molecule has 0 spiro atoms. The molecule has 0 amide bonds. The van der Waals surface area contributed by atoms with Gasteiger partial charge in [0.05, 0.1) is 5.69 Å². The van der Waals surface area contributed by atoms with Crippen LogP contribution in [0.1, 0.15) is 0 Å². The Hall–Kier alpha value is -2.59. The standard InChI is InChI=1S/C10H5F3N4O2S/c11-6-1-2-8(17-16-7(4-14)5-15)9(3-6)20(18,19)10(12)13/h1-3,10,17H. The Balaban J connectivity index is 3.34. The van der Waals surface area contributed by atoms with Crippen molar-refractivity contribution in [3.63, 3.8) is 0 Å². The van der Waals surface area contributed by atoms with E-state index in [2.05, 4.69) is 5.10 Å². The molecule has 0 heterocycles. The number of nitrogens with one attached hydrogen (secondary N) is 1. The summed E-state index contributed by atoms with van der Waals surface area (Å²) in [5.41, 5.74) is 0.832. The van der Waals surface area contributed by atoms with Crippen LogP contribution in [-0.4, -0.2) is 19.9 Å². The monoisotopic (exact) mass is 302 g/mol. The molecule has 6 nitrogen and oxygen atoms in total. The van der Waals surface area contributed by atoms with E-state index in [4.69, 9.17) is 10.5 Å². The minimum Gasteiger partial charge on any atom is -0.275 e. The first-order chi connectivity index (χ1) is 9.32. The van der Waals surface area contributed by atoms with Crippen LogP contribution in [0.25, 0.3) is 0 Å². The molecule has 0 aliphatic heterocycles. The highest BCUT2D eigenvalue weighted by atomic mass is 32.2. The Morgan fingerprint density at radius 3 is 2.40 bits per heavy atom. The number of nitrogens with zero attached hydrogens (tertiary/aromatic N) is 3. The van der Waals surface area contributed by atoms with Crippen molar-refractivity contribution in [2.45, 2.75) is 10.7 Å². The Morgan fingerprint density at radius 1 is 1.30 bits per heavy atom. The van der Waals surface area contributed by atoms with Gasteiger partial charge in [0.25, 0.3) is 0 Å². The molecule has 10 heteroatoms. The summed E-state index contributed by atoms with van der Waals surface area (Å²) in [4.78, 5) is -1.02. The van der Waals surface area contributed by atoms with Crippen LogP contribution in [0.5, 0.6) is 0 Å². The summed E-state index contributed by atoms with van der Waals surface area (Å²) in [6.07, 6.45) is 0. The predicted molar refractivity (Wildman–Crippen MR) is 61.9 cm³/mol. The molecule has 0 unspecified atom stereocenters. The van der Waals surface area contributed by atoms with Crippen molar-refractivity contribution in [1.82, 2.24) is 0 Å². The zero-order valence-corrected chi connectivity index (χ0v) is 10.3. The van der Waals surface area contributed by atoms with E-state index in [0.29, 0.717) is 6.07 Å². The SMILES string of the molecule is N#CC(C#N)=NNc1ccc(F)cc1S(=O)(=O)C(F)F. The topological polar surface area (TPSA) is 106 Å². The summed E-state index contributed by atoms with van der Waals surface area (Å²) in [5.74, 6) is -4.79. The van der Waals surface area contributed by atoms with Crippen molar-refractivity contribution in [2.24, 2.45) is 5.10 Å². The smallest absolute Gasteiger partial charge is 0.275 e. The van der Waals surface area contributed by atoms with Gasteiger partial charge in [-0.05, 0) is 18.2 Å². The first-order valence-electron chi connectivity index (χ1n) is 4.78. The van der Waals surface area contributed by atoms with Crippen LogP contribution in [0.2, 0.25) is 0 Å². The molecule has 0 fully saturated rings. The summed E-state index contributed by atoms with van der Waals surface area (Å²) < 4.78 is 60.6. The molecule has 1 N–H and O–H groups in total. The summed E-state index contributed by atoms with van der Waals surface area (Å²) in [7, 11) is -5.06. The molecule has 1 aromatic rings. The van der Waals surface area contributed by atoms with Gasteiger partial charge in [-0.1, -0.05) is 0 Å². The first kappa shape index (κ1) is 15.5. The van der Waals surface area contributed by atoms with Crippen LogP contribution >= 0.6 is 0 Å². The lowest BCUT2D eigenvalue weighted by molar-refractivity contribution is 0.235. The van der Waals surface area contributed by atoms with Gasteiger partial charge in [0, 0.05) is 0 Å². The average Bonchev–Trinajstić information content (AvgIpc) is 2.40. The van der Waals surface area contributed by atoms with Gasteiger partial charge in [-0.3, -0.25) is 5.43 Å². The van der Waals surface area contributed by atoms with E-state index in [-0.39, 0.29) is 0 Å². The van der Waals surface area contributed by atoms with Gasteiger partial charge >= 0.3 is 5.76 Å². The van der Waals surface area contributed by atoms with Crippen molar-refractivity contribution in [3.05, 3.63) is 24.0 Å². The second-order valence-electron chi connectivity index (χ2n) is 3.24. The van der Waals surface area contributed by atoms with Gasteiger partial charge < -0.3 is 0 Å². The predicted octanol–water partition coefficient (Wildman–Crippen LogP) is 1.64. The minimum absolute atomic E-state index is 0.387. The lowest BCUT2D eigenvalue weighted by atomic mass is 10.3. The number of nitriles is 2. The molecule has 0 aliphatic rings. The quantitative estimate of drug-likeness (QED) is 0.672. The van der Waals surface area contributed by atoms with E-state index >= 15 is 0 Å². The molecule has 0 radical (unpaired) electrons. The molecule has 20 heavy (non-hydrogen) atoms. The van der Waals surface area contributed by atoms with Crippen LogP contribution in [-0.2, 0) is 9.84 Å². The summed E-state index contributed by atoms with van der Waals surface area (Å²) in [6, 6.07) is 4.78. The molecule has 0 atom stereocenters. The summed E-state index contributed by atoms with van der Waals surface area (Å²) in [5, 5.41) is 20.1. The molecule has 0 aliphatic carbocycles. The number of halogens is 3. The zero-order chi connectivity index (χ0) is 15.3. The molecule has 0 bridgehead atoms. The number of anilines is 1. The fourth-order valence-electron chi connectivity index (χ4n) is 1.11. The third-order valence-corrected chi connectivity index (χ3v) is 3.40. The number of hydrogen-bond acceptors (Lipinski definition) is 6. The fourth-order valence-corrected chi connectivity index (χ4v) is 2.00. The molecular weight excluding hydrogens is 297 g/mol. The van der Waals surface area contributed by atoms with Crippen molar-refractivity contribution >= 4 is 21.2 Å². The number of alkyl halides is 2. The number of rotatable bonds is 4. The van der Waals surface area contributed by atoms with Crippen LogP contribution in [0.3, 0.4) is 0 Å². The van der Waals surface area contributed by atoms with E-state index in [1.165, 1.54) is 12.1 Å². The lowest BCUT2D eigenvalue weighted by Crippen LogP contribution is -2.14. The summed E-state index contributed by atoms with van der Waals surface area (Å²) >= 11 is 0. The van der Waals surface area contributed by atoms with Gasteiger partial charge in [0.2, 0.25) is 15.5 Å². The van der Waals surface area contributed by atoms with Gasteiger partial charge in [-0.2, -0.15) is 24.4 Å². The molecule has 0 saturated carbocycles. The highest BCUT2D eigenvalue weighted by molar-refractivity contribution is 7.91. The maximum absolute atomic E-state index is 13.0. The molecule has 0 aromatic heterocycles. The van der Waals surface area contributed by atoms with Crippen LogP contribution < -0.4 is 5.43 Å². The normalized spacial score (nSPS) is 10.5. The van der Waals surface area contributed by atoms with Gasteiger partial charge in [-0.25, -0.2) is 12.8 Å². The first-order valence-corrected chi connectivity index (χ1v) is 6.33. The zero-order valence-electron chi connectivity index (χ0n) is 9.51. The number of hydrogen-bond donors (Lipinski definition) is 1. The van der Waals surface area contributed by atoms with Gasteiger partial charge in [0.15, 0.2) is 0 Å². The molecular formula is C10H5F3N4O2S. The van der Waals surface area contributed by atoms with Crippen molar-refractivity contribution < 1.29 is 21.6 Å². The van der Waals surface area contributed by atoms with E-state index < -0.39 is 37.7 Å². The van der Waals surface area contributed by atoms with Crippen molar-refractivity contribution in [2.75, 3.05) is 5.43 Å². The Kier molecular flexibility index (Phi) is 4.67. The second kappa shape index (κ2) is 6.04. The van der Waals surface area contributed by atoms with E-state index in [1.807, 2.05) is 5.43 Å². The van der Waals surface area contributed by atoms with Gasteiger partial charge in [-0.15, -0.1) is 0 Å². The maximum Gasteiger partial charge on any atom is 0.341 e. The fraction of sp³-hybridized carbons (Fsp3) is 0.100. The lowest BCUT2D eigenvalue weighted by Gasteiger charge is -2.09. The Bertz CT molecular complexity index is 716. The van der Waals surface area contributed by atoms with Crippen LogP contribution in [0, 0.1) is 28.5 Å². The number of benzene rings is 1. The van der Waals surface area contributed by atoms with Gasteiger partial charge in [0.1, 0.15) is 22.9 Å². The largest absolute Gasteiger partial charge is 0.341 e. The van der Waals surface area contributed by atoms with Crippen molar-refractivity contribution in [1.29, 1.82) is 10.5 Å². The van der Waals surface area contributed by atoms with E-state index in [1.54, 1.807) is 0 Å². The molecule has 1 aromatic carbocycles. The Morgan fingerprint density at radius 2 is 1.90 bits per heavy atom. The average molecular weight is 302 g/mol. The highest BCUT2D eigenvalue weighted by Crippen LogP contribution is 2.27. The van der Waals surface area contributed by atoms with Crippen LogP contribution in [0.15, 0.2) is 28.2 Å². The van der Waals surface area contributed by atoms with Crippen molar-refractivity contribution in [3.8, 4) is 12.1 Å². The molecule has 1 rings (SSSR count). The van der Waals surface area contributed by atoms with Crippen LogP contribution in [0.4, 0.5) is 18.9 Å². The number of hydrazone groups is 1. The highest BCUT2D eigenvalue weighted by Gasteiger charge is 2.29. The summed E-state index contributed by atoms with van der Waals surface area (Å²) in [6.45, 7) is 0. The number of sulfone groups is 1. The van der Waals surface area contributed by atoms with E-state index in [0.717, 1.165) is 12.1 Å². The Labute approximate surface area is 111 Å². The van der Waals surface area contributed by atoms with E-state index in [9.17, 15) is 21.6 Å². The third kappa shape index (κ3) is 3.24. The molecule has 104 valence electrons. The molecule has 0 saturated heterocycles. The maximum atomic E-state index is 13.0. The minimum atomic E-state index is -5.06. The second-order valence-corrected chi connectivity index (χ2v) is 5.13.